The molecule has 1 amide bonds. The van der Waals surface area contributed by atoms with Crippen LogP contribution in [-0.2, 0) is 0 Å². The van der Waals surface area contributed by atoms with E-state index in [2.05, 4.69) is 15.3 Å². The lowest BCUT2D eigenvalue weighted by Crippen LogP contribution is -2.48. The first-order chi connectivity index (χ1) is 10.1. The smallest absolute Gasteiger partial charge is 0.254 e. The Hall–Kier alpha value is -1.88. The molecule has 0 unspecified atom stereocenters. The van der Waals surface area contributed by atoms with Crippen molar-refractivity contribution >= 4 is 22.4 Å². The monoisotopic (exact) mass is 301 g/mol. The van der Waals surface area contributed by atoms with Gasteiger partial charge in [0.05, 0.1) is 5.69 Å². The minimum Gasteiger partial charge on any atom is -0.345 e. The number of aromatic nitrogens is 1. The number of aryl methyl sites for hydroxylation is 2. The minimum absolute atomic E-state index is 0.142. The van der Waals surface area contributed by atoms with Crippen molar-refractivity contribution in [1.82, 2.24) is 9.88 Å². The summed E-state index contributed by atoms with van der Waals surface area (Å²) in [6.45, 7) is 7.21. The molecule has 0 radical (unpaired) electrons. The summed E-state index contributed by atoms with van der Waals surface area (Å²) >= 11 is 1.68. The predicted molar refractivity (Wildman–Crippen MR) is 86.1 cm³/mol. The van der Waals surface area contributed by atoms with E-state index in [1.807, 2.05) is 43.0 Å². The van der Waals surface area contributed by atoms with E-state index in [1.165, 1.54) is 0 Å². The standard InChI is InChI=1S/C16H19N3OS/c1-12-5-3-4-6-14(12)15(20)18-7-9-19(10-8-18)16-17-13(2)11-21-16/h3-6,11H,7-10H2,1-2H3. The maximum absolute atomic E-state index is 12.6. The highest BCUT2D eigenvalue weighted by atomic mass is 32.1. The van der Waals surface area contributed by atoms with Gasteiger partial charge in [0, 0.05) is 37.1 Å². The van der Waals surface area contributed by atoms with E-state index in [0.717, 1.165) is 48.1 Å². The molecule has 1 aliphatic heterocycles. The van der Waals surface area contributed by atoms with Gasteiger partial charge in [-0.15, -0.1) is 11.3 Å². The van der Waals surface area contributed by atoms with Gasteiger partial charge in [0.25, 0.3) is 5.91 Å². The molecule has 0 bridgehead atoms. The molecule has 4 nitrogen and oxygen atoms in total. The van der Waals surface area contributed by atoms with Gasteiger partial charge in [0.2, 0.25) is 0 Å². The Labute approximate surface area is 129 Å². The van der Waals surface area contributed by atoms with Crippen LogP contribution in [0.15, 0.2) is 29.6 Å². The van der Waals surface area contributed by atoms with Crippen LogP contribution in [0.5, 0.6) is 0 Å². The summed E-state index contributed by atoms with van der Waals surface area (Å²) < 4.78 is 0. The van der Waals surface area contributed by atoms with Gasteiger partial charge >= 0.3 is 0 Å². The van der Waals surface area contributed by atoms with Gasteiger partial charge in [0.15, 0.2) is 5.13 Å². The van der Waals surface area contributed by atoms with E-state index < -0.39 is 0 Å². The number of amides is 1. The zero-order chi connectivity index (χ0) is 14.8. The van der Waals surface area contributed by atoms with Crippen LogP contribution in [0.4, 0.5) is 5.13 Å². The van der Waals surface area contributed by atoms with E-state index >= 15 is 0 Å². The zero-order valence-corrected chi connectivity index (χ0v) is 13.2. The topological polar surface area (TPSA) is 36.4 Å². The third-order valence-electron chi connectivity index (χ3n) is 3.82. The quantitative estimate of drug-likeness (QED) is 0.856. The SMILES string of the molecule is Cc1csc(N2CCN(C(=O)c3ccccc3C)CC2)n1. The summed E-state index contributed by atoms with van der Waals surface area (Å²) in [5.41, 5.74) is 2.92. The molecule has 0 N–H and O–H groups in total. The van der Waals surface area contributed by atoms with Crippen LogP contribution in [0.25, 0.3) is 0 Å². The number of piperazine rings is 1. The molecule has 0 spiro atoms. The lowest BCUT2D eigenvalue weighted by Gasteiger charge is -2.34. The Balaban J connectivity index is 1.66. The molecule has 21 heavy (non-hydrogen) atoms. The fourth-order valence-electron chi connectivity index (χ4n) is 2.57. The van der Waals surface area contributed by atoms with Crippen LogP contribution in [0.2, 0.25) is 0 Å². The second kappa shape index (κ2) is 5.85. The number of benzene rings is 1. The molecule has 2 heterocycles. The summed E-state index contributed by atoms with van der Waals surface area (Å²) in [4.78, 5) is 21.3. The first-order valence-electron chi connectivity index (χ1n) is 7.17. The average molecular weight is 301 g/mol. The van der Waals surface area contributed by atoms with Crippen LogP contribution in [-0.4, -0.2) is 42.0 Å². The Morgan fingerprint density at radius 2 is 1.86 bits per heavy atom. The van der Waals surface area contributed by atoms with Gasteiger partial charge in [-0.2, -0.15) is 0 Å². The molecule has 0 atom stereocenters. The van der Waals surface area contributed by atoms with Crippen molar-refractivity contribution in [3.8, 4) is 0 Å². The van der Waals surface area contributed by atoms with Crippen LogP contribution >= 0.6 is 11.3 Å². The largest absolute Gasteiger partial charge is 0.345 e. The van der Waals surface area contributed by atoms with Crippen molar-refractivity contribution in [1.29, 1.82) is 0 Å². The van der Waals surface area contributed by atoms with Gasteiger partial charge in [-0.25, -0.2) is 4.98 Å². The number of hydrogen-bond donors (Lipinski definition) is 0. The van der Waals surface area contributed by atoms with Crippen LogP contribution in [0.3, 0.4) is 0 Å². The van der Waals surface area contributed by atoms with E-state index in [9.17, 15) is 4.79 Å². The van der Waals surface area contributed by atoms with E-state index in [0.29, 0.717) is 0 Å². The van der Waals surface area contributed by atoms with Gasteiger partial charge < -0.3 is 9.80 Å². The zero-order valence-electron chi connectivity index (χ0n) is 12.4. The number of anilines is 1. The van der Waals surface area contributed by atoms with Crippen LogP contribution in [0, 0.1) is 13.8 Å². The molecule has 1 aliphatic rings. The van der Waals surface area contributed by atoms with Gasteiger partial charge in [-0.1, -0.05) is 18.2 Å². The first kappa shape index (κ1) is 14.1. The minimum atomic E-state index is 0.142. The normalized spacial score (nSPS) is 15.3. The number of carbonyl (C=O) groups excluding carboxylic acids is 1. The first-order valence-corrected chi connectivity index (χ1v) is 8.05. The Bertz CT molecular complexity index is 644. The van der Waals surface area contributed by atoms with Crippen molar-refractivity contribution in [2.45, 2.75) is 13.8 Å². The second-order valence-corrected chi connectivity index (χ2v) is 6.20. The molecule has 1 fully saturated rings. The van der Waals surface area contributed by atoms with Gasteiger partial charge in [-0.3, -0.25) is 4.79 Å². The average Bonchev–Trinajstić information content (AvgIpc) is 2.94. The Morgan fingerprint density at radius 1 is 1.14 bits per heavy atom. The lowest BCUT2D eigenvalue weighted by molar-refractivity contribution is 0.0746. The van der Waals surface area contributed by atoms with E-state index in [-0.39, 0.29) is 5.91 Å². The molecule has 110 valence electrons. The van der Waals surface area contributed by atoms with Crippen molar-refractivity contribution < 1.29 is 4.79 Å². The van der Waals surface area contributed by atoms with Crippen molar-refractivity contribution in [2.24, 2.45) is 0 Å². The molecule has 1 aromatic carbocycles. The third-order valence-corrected chi connectivity index (χ3v) is 4.84. The molecule has 1 aromatic heterocycles. The molecule has 3 rings (SSSR count). The summed E-state index contributed by atoms with van der Waals surface area (Å²) in [6, 6.07) is 7.79. The fourth-order valence-corrected chi connectivity index (χ4v) is 3.43. The summed E-state index contributed by atoms with van der Waals surface area (Å²) in [5.74, 6) is 0.142. The molecule has 1 saturated heterocycles. The number of nitrogens with zero attached hydrogens (tertiary/aromatic N) is 3. The maximum Gasteiger partial charge on any atom is 0.254 e. The summed E-state index contributed by atoms with van der Waals surface area (Å²) in [6.07, 6.45) is 0. The van der Waals surface area contributed by atoms with E-state index in [1.54, 1.807) is 11.3 Å². The van der Waals surface area contributed by atoms with E-state index in [4.69, 9.17) is 0 Å². The van der Waals surface area contributed by atoms with Crippen molar-refractivity contribution in [3.05, 3.63) is 46.5 Å². The highest BCUT2D eigenvalue weighted by Crippen LogP contribution is 2.22. The molecule has 5 heteroatoms. The number of hydrogen-bond acceptors (Lipinski definition) is 4. The Morgan fingerprint density at radius 3 is 2.48 bits per heavy atom. The van der Waals surface area contributed by atoms with Crippen molar-refractivity contribution in [2.75, 3.05) is 31.1 Å². The number of carbonyl (C=O) groups is 1. The summed E-state index contributed by atoms with van der Waals surface area (Å²) in [7, 11) is 0. The van der Waals surface area contributed by atoms with Crippen LogP contribution in [0.1, 0.15) is 21.6 Å². The molecular weight excluding hydrogens is 282 g/mol. The third kappa shape index (κ3) is 2.93. The fraction of sp³-hybridized carbons (Fsp3) is 0.375. The number of rotatable bonds is 2. The molecule has 0 saturated carbocycles. The molecular formula is C16H19N3OS. The maximum atomic E-state index is 12.6. The number of thiazole rings is 1. The molecule has 2 aromatic rings. The second-order valence-electron chi connectivity index (χ2n) is 5.37. The lowest BCUT2D eigenvalue weighted by atomic mass is 10.1. The Kier molecular flexibility index (Phi) is 3.92. The van der Waals surface area contributed by atoms with Gasteiger partial charge in [0.1, 0.15) is 0 Å². The summed E-state index contributed by atoms with van der Waals surface area (Å²) in [5, 5.41) is 3.13. The predicted octanol–water partition coefficient (Wildman–Crippen LogP) is 2.72. The highest BCUT2D eigenvalue weighted by molar-refractivity contribution is 7.13. The van der Waals surface area contributed by atoms with Crippen LogP contribution < -0.4 is 4.90 Å². The highest BCUT2D eigenvalue weighted by Gasteiger charge is 2.24. The van der Waals surface area contributed by atoms with Gasteiger partial charge in [-0.05, 0) is 25.5 Å². The molecule has 0 aliphatic carbocycles. The van der Waals surface area contributed by atoms with Crippen molar-refractivity contribution in [3.63, 3.8) is 0 Å².